The Bertz CT molecular complexity index is 432. The van der Waals surface area contributed by atoms with Gasteiger partial charge in [-0.25, -0.2) is 4.79 Å². The van der Waals surface area contributed by atoms with Gasteiger partial charge in [-0.1, -0.05) is 18.2 Å². The van der Waals surface area contributed by atoms with Gasteiger partial charge in [-0.15, -0.1) is 0 Å². The van der Waals surface area contributed by atoms with Crippen molar-refractivity contribution in [2.45, 2.75) is 6.54 Å². The van der Waals surface area contributed by atoms with E-state index in [-0.39, 0.29) is 0 Å². The van der Waals surface area contributed by atoms with Gasteiger partial charge in [0.25, 0.3) is 0 Å². The summed E-state index contributed by atoms with van der Waals surface area (Å²) in [5, 5.41) is 10.4. The molecule has 0 aliphatic carbocycles. The first-order chi connectivity index (χ1) is 9.22. The lowest BCUT2D eigenvalue weighted by Crippen LogP contribution is -2.36. The molecular formula is C13H18N2O4. The van der Waals surface area contributed by atoms with Gasteiger partial charge in [0, 0.05) is 19.6 Å². The highest BCUT2D eigenvalue weighted by molar-refractivity contribution is 5.85. The van der Waals surface area contributed by atoms with E-state index in [1.807, 2.05) is 12.1 Å². The monoisotopic (exact) mass is 266 g/mol. The smallest absolute Gasteiger partial charge is 0.438 e. The van der Waals surface area contributed by atoms with Crippen molar-refractivity contribution in [2.24, 2.45) is 0 Å². The van der Waals surface area contributed by atoms with E-state index in [0.29, 0.717) is 30.5 Å². The number of carbonyl (C=O) groups is 1. The van der Waals surface area contributed by atoms with Crippen LogP contribution in [0.5, 0.6) is 0 Å². The number of hydrogen-bond donors (Lipinski definition) is 1. The number of para-hydroxylation sites is 1. The lowest BCUT2D eigenvalue weighted by atomic mass is 10.1. The maximum atomic E-state index is 11.4. The molecule has 1 saturated heterocycles. The zero-order valence-corrected chi connectivity index (χ0v) is 10.9. The first-order valence-corrected chi connectivity index (χ1v) is 6.17. The van der Waals surface area contributed by atoms with Gasteiger partial charge in [0.15, 0.2) is 0 Å². The number of benzene rings is 1. The number of anilines is 1. The number of ether oxygens (including phenoxy) is 2. The lowest BCUT2D eigenvalue weighted by molar-refractivity contribution is 0.0341. The van der Waals surface area contributed by atoms with Crippen molar-refractivity contribution < 1.29 is 19.5 Å². The fraction of sp³-hybridized carbons (Fsp3) is 0.462. The first kappa shape index (κ1) is 13.8. The molecule has 1 fully saturated rings. The highest BCUT2D eigenvalue weighted by Crippen LogP contribution is 2.21. The first-order valence-electron chi connectivity index (χ1n) is 6.17. The Morgan fingerprint density at radius 1 is 1.42 bits per heavy atom. The van der Waals surface area contributed by atoms with Gasteiger partial charge >= 0.3 is 6.09 Å². The van der Waals surface area contributed by atoms with E-state index in [9.17, 15) is 10.0 Å². The van der Waals surface area contributed by atoms with Crippen LogP contribution in [0.3, 0.4) is 0 Å². The summed E-state index contributed by atoms with van der Waals surface area (Å²) in [6.45, 7) is 3.77. The molecule has 1 aliphatic rings. The van der Waals surface area contributed by atoms with Crippen molar-refractivity contribution in [3.8, 4) is 0 Å². The number of methoxy groups -OCH3 is 1. The second kappa shape index (κ2) is 6.51. The average molecular weight is 266 g/mol. The van der Waals surface area contributed by atoms with Crippen LogP contribution in [0.25, 0.3) is 0 Å². The molecule has 1 amide bonds. The lowest BCUT2D eigenvalue weighted by Gasteiger charge is -2.28. The van der Waals surface area contributed by atoms with Crippen LogP contribution in [0, 0.1) is 0 Å². The molecule has 0 atom stereocenters. The molecule has 1 aromatic rings. The molecule has 1 aromatic carbocycles. The van der Waals surface area contributed by atoms with Gasteiger partial charge in [-0.2, -0.15) is 5.06 Å². The molecule has 1 N–H and O–H groups in total. The van der Waals surface area contributed by atoms with Crippen molar-refractivity contribution in [2.75, 3.05) is 38.5 Å². The quantitative estimate of drug-likeness (QED) is 0.663. The third-order valence-corrected chi connectivity index (χ3v) is 3.07. The number of nitrogens with zero attached hydrogens (tertiary/aromatic N) is 2. The zero-order chi connectivity index (χ0) is 13.7. The molecule has 6 nitrogen and oxygen atoms in total. The summed E-state index contributed by atoms with van der Waals surface area (Å²) >= 11 is 0. The van der Waals surface area contributed by atoms with E-state index in [1.54, 1.807) is 12.1 Å². The second-order valence-corrected chi connectivity index (χ2v) is 4.30. The largest absolute Gasteiger partial charge is 0.451 e. The van der Waals surface area contributed by atoms with E-state index in [4.69, 9.17) is 4.74 Å². The summed E-state index contributed by atoms with van der Waals surface area (Å²) in [5.41, 5.74) is 1.32. The van der Waals surface area contributed by atoms with Crippen LogP contribution < -0.4 is 5.06 Å². The van der Waals surface area contributed by atoms with Crippen LogP contribution in [0.2, 0.25) is 0 Å². The van der Waals surface area contributed by atoms with Gasteiger partial charge in [0.2, 0.25) is 0 Å². The second-order valence-electron chi connectivity index (χ2n) is 4.30. The predicted octanol–water partition coefficient (Wildman–Crippen LogP) is 1.48. The standard InChI is InChI=1S/C13H18N2O4/c1-18-13(16)15(17)12-5-3-2-4-11(12)10-14-6-8-19-9-7-14/h2-5,17H,6-10H2,1H3. The fourth-order valence-electron chi connectivity index (χ4n) is 2.04. The Morgan fingerprint density at radius 2 is 2.11 bits per heavy atom. The minimum absolute atomic E-state index is 0.445. The van der Waals surface area contributed by atoms with Crippen LogP contribution in [0.4, 0.5) is 10.5 Å². The van der Waals surface area contributed by atoms with Crippen molar-refractivity contribution >= 4 is 11.8 Å². The Balaban J connectivity index is 2.13. The maximum absolute atomic E-state index is 11.4. The number of hydroxylamine groups is 1. The molecule has 0 unspecified atom stereocenters. The minimum atomic E-state index is -0.797. The minimum Gasteiger partial charge on any atom is -0.451 e. The van der Waals surface area contributed by atoms with E-state index in [0.717, 1.165) is 18.7 Å². The number of morpholine rings is 1. The number of hydrogen-bond acceptors (Lipinski definition) is 5. The molecule has 0 saturated carbocycles. The Hall–Kier alpha value is -1.63. The van der Waals surface area contributed by atoms with E-state index in [1.165, 1.54) is 7.11 Å². The maximum Gasteiger partial charge on any atom is 0.438 e. The number of amides is 1. The molecule has 104 valence electrons. The molecule has 0 spiro atoms. The summed E-state index contributed by atoms with van der Waals surface area (Å²) in [5.74, 6) is 0. The van der Waals surface area contributed by atoms with Gasteiger partial charge in [-0.05, 0) is 11.6 Å². The van der Waals surface area contributed by atoms with Gasteiger partial charge in [0.1, 0.15) is 0 Å². The predicted molar refractivity (Wildman–Crippen MR) is 69.2 cm³/mol. The summed E-state index contributed by atoms with van der Waals surface area (Å²) in [6, 6.07) is 7.22. The van der Waals surface area contributed by atoms with Crippen molar-refractivity contribution in [3.05, 3.63) is 29.8 Å². The SMILES string of the molecule is COC(=O)N(O)c1ccccc1CN1CCOCC1. The van der Waals surface area contributed by atoms with Gasteiger partial charge in [-0.3, -0.25) is 10.1 Å². The molecule has 0 aromatic heterocycles. The highest BCUT2D eigenvalue weighted by atomic mass is 16.6. The highest BCUT2D eigenvalue weighted by Gasteiger charge is 2.19. The van der Waals surface area contributed by atoms with Crippen molar-refractivity contribution in [3.63, 3.8) is 0 Å². The van der Waals surface area contributed by atoms with Crippen LogP contribution in [-0.2, 0) is 16.0 Å². The summed E-state index contributed by atoms with van der Waals surface area (Å²) in [4.78, 5) is 13.6. The van der Waals surface area contributed by atoms with Crippen LogP contribution >= 0.6 is 0 Å². The molecule has 0 radical (unpaired) electrons. The normalized spacial score (nSPS) is 16.1. The number of rotatable bonds is 3. The summed E-state index contributed by atoms with van der Waals surface area (Å²) < 4.78 is 9.81. The van der Waals surface area contributed by atoms with E-state index in [2.05, 4.69) is 9.64 Å². The average Bonchev–Trinajstić information content (AvgIpc) is 2.47. The molecule has 2 rings (SSSR count). The third kappa shape index (κ3) is 3.44. The topological polar surface area (TPSA) is 62.2 Å². The molecule has 19 heavy (non-hydrogen) atoms. The molecule has 1 heterocycles. The fourth-order valence-corrected chi connectivity index (χ4v) is 2.04. The molecule has 1 aliphatic heterocycles. The molecule has 6 heteroatoms. The molecular weight excluding hydrogens is 248 g/mol. The third-order valence-electron chi connectivity index (χ3n) is 3.07. The Morgan fingerprint density at radius 3 is 2.79 bits per heavy atom. The number of carbonyl (C=O) groups excluding carboxylic acids is 1. The zero-order valence-electron chi connectivity index (χ0n) is 10.9. The van der Waals surface area contributed by atoms with Gasteiger partial charge in [0.05, 0.1) is 26.0 Å². The van der Waals surface area contributed by atoms with Crippen LogP contribution in [-0.4, -0.2) is 49.6 Å². The van der Waals surface area contributed by atoms with Gasteiger partial charge < -0.3 is 9.47 Å². The van der Waals surface area contributed by atoms with E-state index < -0.39 is 6.09 Å². The summed E-state index contributed by atoms with van der Waals surface area (Å²) in [7, 11) is 1.23. The Labute approximate surface area is 112 Å². The van der Waals surface area contributed by atoms with Crippen molar-refractivity contribution in [1.29, 1.82) is 0 Å². The van der Waals surface area contributed by atoms with Crippen LogP contribution in [0.1, 0.15) is 5.56 Å². The van der Waals surface area contributed by atoms with Crippen LogP contribution in [0.15, 0.2) is 24.3 Å². The van der Waals surface area contributed by atoms with E-state index >= 15 is 0 Å². The Kier molecular flexibility index (Phi) is 4.73. The summed E-state index contributed by atoms with van der Waals surface area (Å²) in [6.07, 6.45) is -0.797. The van der Waals surface area contributed by atoms with Crippen molar-refractivity contribution in [1.82, 2.24) is 4.90 Å². The molecule has 0 bridgehead atoms.